The van der Waals surface area contributed by atoms with Gasteiger partial charge >= 0.3 is 6.09 Å². The van der Waals surface area contributed by atoms with E-state index in [1.165, 1.54) is 13.3 Å². The van der Waals surface area contributed by atoms with Gasteiger partial charge in [-0.2, -0.15) is 5.10 Å². The van der Waals surface area contributed by atoms with Crippen molar-refractivity contribution in [2.24, 2.45) is 5.10 Å². The summed E-state index contributed by atoms with van der Waals surface area (Å²) in [7, 11) is 2.84. The number of carbonyl (C=O) groups is 1. The Balaban J connectivity index is 1.82. The molecule has 7 heteroatoms. The maximum absolute atomic E-state index is 11.0. The van der Waals surface area contributed by atoms with Crippen LogP contribution in [0.15, 0.2) is 47.6 Å². The summed E-state index contributed by atoms with van der Waals surface area (Å²) in [4.78, 5) is 11.0. The standard InChI is InChI=1S/C20H24N2O5/c1-15-7-4-5-8-17(15)26-11-6-12-27-18-10-9-16(13-19(18)24-2)14-21-22-20(23)25-3/h4-5,7-10,13-14H,6,11-12H2,1-3H3,(H,22,23)/b21-14-. The largest absolute Gasteiger partial charge is 0.493 e. The molecule has 0 atom stereocenters. The molecule has 0 aliphatic carbocycles. The highest BCUT2D eigenvalue weighted by atomic mass is 16.5. The van der Waals surface area contributed by atoms with Gasteiger partial charge in [0.25, 0.3) is 0 Å². The van der Waals surface area contributed by atoms with E-state index >= 15 is 0 Å². The van der Waals surface area contributed by atoms with E-state index in [0.717, 1.165) is 23.3 Å². The number of hydrazone groups is 1. The number of nitrogens with one attached hydrogen (secondary N) is 1. The van der Waals surface area contributed by atoms with Crippen LogP contribution in [0, 0.1) is 6.92 Å². The average Bonchev–Trinajstić information content (AvgIpc) is 2.69. The predicted molar refractivity (Wildman–Crippen MR) is 103 cm³/mol. The Morgan fingerprint density at radius 3 is 2.48 bits per heavy atom. The Labute approximate surface area is 158 Å². The van der Waals surface area contributed by atoms with Crippen LogP contribution in [-0.2, 0) is 4.74 Å². The smallest absolute Gasteiger partial charge is 0.427 e. The lowest BCUT2D eigenvalue weighted by Crippen LogP contribution is -2.16. The minimum atomic E-state index is -0.633. The zero-order valence-electron chi connectivity index (χ0n) is 15.7. The lowest BCUT2D eigenvalue weighted by Gasteiger charge is -2.12. The fourth-order valence-corrected chi connectivity index (χ4v) is 2.23. The zero-order valence-corrected chi connectivity index (χ0v) is 15.7. The lowest BCUT2D eigenvalue weighted by molar-refractivity contribution is 0.171. The molecule has 0 spiro atoms. The van der Waals surface area contributed by atoms with E-state index in [0.29, 0.717) is 24.7 Å². The molecule has 1 N–H and O–H groups in total. The second-order valence-electron chi connectivity index (χ2n) is 5.59. The minimum absolute atomic E-state index is 0.500. The van der Waals surface area contributed by atoms with Crippen LogP contribution < -0.4 is 19.6 Å². The first-order valence-electron chi connectivity index (χ1n) is 8.50. The number of carbonyl (C=O) groups excluding carboxylic acids is 1. The van der Waals surface area contributed by atoms with Gasteiger partial charge in [-0.15, -0.1) is 0 Å². The normalized spacial score (nSPS) is 10.5. The summed E-state index contributed by atoms with van der Waals surface area (Å²) < 4.78 is 21.3. The summed E-state index contributed by atoms with van der Waals surface area (Å²) in [6.45, 7) is 3.08. The van der Waals surface area contributed by atoms with Crippen molar-refractivity contribution in [3.63, 3.8) is 0 Å². The van der Waals surface area contributed by atoms with E-state index in [-0.39, 0.29) is 0 Å². The quantitative estimate of drug-likeness (QED) is 0.414. The molecule has 7 nitrogen and oxygen atoms in total. The molecule has 144 valence electrons. The molecule has 0 radical (unpaired) electrons. The van der Waals surface area contributed by atoms with Crippen LogP contribution in [0.25, 0.3) is 0 Å². The maximum atomic E-state index is 11.0. The van der Waals surface area contributed by atoms with Gasteiger partial charge in [0.15, 0.2) is 11.5 Å². The van der Waals surface area contributed by atoms with Crippen LogP contribution in [-0.4, -0.2) is 39.7 Å². The number of amides is 1. The number of hydrogen-bond acceptors (Lipinski definition) is 6. The third kappa shape index (κ3) is 6.54. The van der Waals surface area contributed by atoms with Gasteiger partial charge < -0.3 is 18.9 Å². The summed E-state index contributed by atoms with van der Waals surface area (Å²) in [6.07, 6.45) is 1.59. The first-order valence-corrected chi connectivity index (χ1v) is 8.50. The third-order valence-corrected chi connectivity index (χ3v) is 3.64. The second kappa shape index (κ2) is 10.7. The van der Waals surface area contributed by atoms with Gasteiger partial charge in [-0.05, 0) is 42.3 Å². The Morgan fingerprint density at radius 2 is 1.78 bits per heavy atom. The molecule has 0 unspecified atom stereocenters. The molecule has 0 aliphatic rings. The van der Waals surface area contributed by atoms with Gasteiger partial charge in [0.1, 0.15) is 5.75 Å². The predicted octanol–water partition coefficient (Wildman–Crippen LogP) is 3.54. The van der Waals surface area contributed by atoms with Crippen molar-refractivity contribution in [3.05, 3.63) is 53.6 Å². The third-order valence-electron chi connectivity index (χ3n) is 3.64. The van der Waals surface area contributed by atoms with E-state index in [4.69, 9.17) is 14.2 Å². The summed E-state index contributed by atoms with van der Waals surface area (Å²) in [6, 6.07) is 13.3. The highest BCUT2D eigenvalue weighted by molar-refractivity contribution is 5.82. The van der Waals surface area contributed by atoms with Crippen molar-refractivity contribution in [2.45, 2.75) is 13.3 Å². The highest BCUT2D eigenvalue weighted by Gasteiger charge is 2.06. The number of benzene rings is 2. The number of nitrogens with zero attached hydrogens (tertiary/aromatic N) is 1. The van der Waals surface area contributed by atoms with Crippen molar-refractivity contribution in [2.75, 3.05) is 27.4 Å². The minimum Gasteiger partial charge on any atom is -0.493 e. The van der Waals surface area contributed by atoms with Crippen molar-refractivity contribution < 1.29 is 23.7 Å². The molecule has 1 amide bonds. The van der Waals surface area contributed by atoms with Gasteiger partial charge in [-0.25, -0.2) is 10.2 Å². The number of rotatable bonds is 9. The van der Waals surface area contributed by atoms with Crippen LogP contribution in [0.1, 0.15) is 17.5 Å². The topological polar surface area (TPSA) is 78.4 Å². The fourth-order valence-electron chi connectivity index (χ4n) is 2.23. The van der Waals surface area contributed by atoms with E-state index in [2.05, 4.69) is 15.3 Å². The van der Waals surface area contributed by atoms with E-state index in [1.807, 2.05) is 37.3 Å². The van der Waals surface area contributed by atoms with Crippen molar-refractivity contribution >= 4 is 12.3 Å². The van der Waals surface area contributed by atoms with E-state index in [9.17, 15) is 4.79 Å². The Hall–Kier alpha value is -3.22. The molecule has 2 rings (SSSR count). The van der Waals surface area contributed by atoms with Crippen molar-refractivity contribution in [3.8, 4) is 17.2 Å². The fraction of sp³-hybridized carbons (Fsp3) is 0.300. The van der Waals surface area contributed by atoms with Gasteiger partial charge in [0.2, 0.25) is 0 Å². The molecule has 0 saturated carbocycles. The number of ether oxygens (including phenoxy) is 4. The van der Waals surface area contributed by atoms with Crippen molar-refractivity contribution in [1.29, 1.82) is 0 Å². The highest BCUT2D eigenvalue weighted by Crippen LogP contribution is 2.27. The number of para-hydroxylation sites is 1. The van der Waals surface area contributed by atoms with Gasteiger partial charge in [0.05, 0.1) is 33.6 Å². The molecule has 2 aromatic carbocycles. The summed E-state index contributed by atoms with van der Waals surface area (Å²) >= 11 is 0. The number of methoxy groups -OCH3 is 2. The molecular weight excluding hydrogens is 348 g/mol. The van der Waals surface area contributed by atoms with Crippen LogP contribution in [0.3, 0.4) is 0 Å². The maximum Gasteiger partial charge on any atom is 0.427 e. The van der Waals surface area contributed by atoms with Crippen LogP contribution in [0.4, 0.5) is 4.79 Å². The lowest BCUT2D eigenvalue weighted by atomic mass is 10.2. The Kier molecular flexibility index (Phi) is 7.96. The zero-order chi connectivity index (χ0) is 19.5. The monoisotopic (exact) mass is 372 g/mol. The van der Waals surface area contributed by atoms with Gasteiger partial charge in [-0.3, -0.25) is 0 Å². The van der Waals surface area contributed by atoms with Crippen molar-refractivity contribution in [1.82, 2.24) is 5.43 Å². The van der Waals surface area contributed by atoms with Gasteiger partial charge in [0, 0.05) is 6.42 Å². The molecule has 0 bridgehead atoms. The molecule has 2 aromatic rings. The molecule has 0 saturated heterocycles. The number of aryl methyl sites for hydroxylation is 1. The first-order chi connectivity index (χ1) is 13.1. The first kappa shape index (κ1) is 20.1. The van der Waals surface area contributed by atoms with Crippen LogP contribution >= 0.6 is 0 Å². The molecule has 27 heavy (non-hydrogen) atoms. The van der Waals surface area contributed by atoms with Crippen LogP contribution in [0.5, 0.6) is 17.2 Å². The second-order valence-corrected chi connectivity index (χ2v) is 5.59. The SMILES string of the molecule is COC(=O)N/N=C\c1ccc(OCCCOc2ccccc2C)c(OC)c1. The van der Waals surface area contributed by atoms with Gasteiger partial charge in [-0.1, -0.05) is 18.2 Å². The molecule has 0 aromatic heterocycles. The molecule has 0 aliphatic heterocycles. The average molecular weight is 372 g/mol. The van der Waals surface area contributed by atoms with E-state index in [1.54, 1.807) is 19.2 Å². The summed E-state index contributed by atoms with van der Waals surface area (Å²) in [5.41, 5.74) is 4.08. The van der Waals surface area contributed by atoms with E-state index < -0.39 is 6.09 Å². The molecular formula is C20H24N2O5. The molecule has 0 heterocycles. The Bertz CT molecular complexity index is 777. The molecule has 0 fully saturated rings. The number of hydrogen-bond donors (Lipinski definition) is 1. The summed E-state index contributed by atoms with van der Waals surface area (Å²) in [5, 5.41) is 3.78. The summed E-state index contributed by atoms with van der Waals surface area (Å²) in [5.74, 6) is 2.10. The van der Waals surface area contributed by atoms with Crippen LogP contribution in [0.2, 0.25) is 0 Å². The Morgan fingerprint density at radius 1 is 1.04 bits per heavy atom.